The molecular weight excluding hydrogens is 206 g/mol. The molecule has 0 radical (unpaired) electrons. The van der Waals surface area contributed by atoms with Crippen LogP contribution in [0.15, 0.2) is 23.4 Å². The van der Waals surface area contributed by atoms with Crippen LogP contribution in [0.1, 0.15) is 6.92 Å². The van der Waals surface area contributed by atoms with Crippen molar-refractivity contribution in [3.05, 3.63) is 29.1 Å². The standard InChI is InChI=1S/C10H15N5O/c1-8(5-11-2)7-15-10(16)14-4-3-12-6-9(14)13-15/h3-4,6,8,11H,5,7H2,1-2H3. The molecule has 2 aromatic rings. The van der Waals surface area contributed by atoms with E-state index in [1.54, 1.807) is 18.6 Å². The van der Waals surface area contributed by atoms with Crippen molar-refractivity contribution in [1.82, 2.24) is 24.5 Å². The summed E-state index contributed by atoms with van der Waals surface area (Å²) in [6.45, 7) is 3.55. The normalized spacial score (nSPS) is 13.1. The lowest BCUT2D eigenvalue weighted by molar-refractivity contribution is 0.427. The lowest BCUT2D eigenvalue weighted by atomic mass is 10.2. The molecule has 16 heavy (non-hydrogen) atoms. The average molecular weight is 221 g/mol. The smallest absolute Gasteiger partial charge is 0.319 e. The molecule has 0 aromatic carbocycles. The van der Waals surface area contributed by atoms with Crippen molar-refractivity contribution in [2.75, 3.05) is 13.6 Å². The molecule has 6 nitrogen and oxygen atoms in total. The highest BCUT2D eigenvalue weighted by atomic mass is 16.2. The van der Waals surface area contributed by atoms with Crippen molar-refractivity contribution in [3.8, 4) is 0 Å². The molecule has 1 atom stereocenters. The Morgan fingerprint density at radius 3 is 3.06 bits per heavy atom. The third-order valence-electron chi connectivity index (χ3n) is 2.43. The van der Waals surface area contributed by atoms with Crippen LogP contribution >= 0.6 is 0 Å². The summed E-state index contributed by atoms with van der Waals surface area (Å²) in [6, 6.07) is 0. The fourth-order valence-corrected chi connectivity index (χ4v) is 1.71. The number of rotatable bonds is 4. The molecule has 2 rings (SSSR count). The molecule has 0 spiro atoms. The summed E-state index contributed by atoms with van der Waals surface area (Å²) in [7, 11) is 1.90. The number of hydrogen-bond donors (Lipinski definition) is 1. The van der Waals surface area contributed by atoms with E-state index in [0.717, 1.165) is 6.54 Å². The van der Waals surface area contributed by atoms with E-state index in [0.29, 0.717) is 18.1 Å². The summed E-state index contributed by atoms with van der Waals surface area (Å²) in [5.41, 5.74) is 0.476. The molecule has 2 aromatic heterocycles. The highest BCUT2D eigenvalue weighted by molar-refractivity contribution is 5.31. The van der Waals surface area contributed by atoms with E-state index in [4.69, 9.17) is 0 Å². The van der Waals surface area contributed by atoms with Gasteiger partial charge >= 0.3 is 5.69 Å². The van der Waals surface area contributed by atoms with E-state index in [1.165, 1.54) is 9.08 Å². The van der Waals surface area contributed by atoms with Crippen LogP contribution in [0.2, 0.25) is 0 Å². The summed E-state index contributed by atoms with van der Waals surface area (Å²) < 4.78 is 2.98. The van der Waals surface area contributed by atoms with E-state index in [-0.39, 0.29) is 5.69 Å². The Morgan fingerprint density at radius 2 is 2.38 bits per heavy atom. The molecule has 0 saturated carbocycles. The summed E-state index contributed by atoms with van der Waals surface area (Å²) >= 11 is 0. The summed E-state index contributed by atoms with van der Waals surface area (Å²) in [5.74, 6) is 0.362. The van der Waals surface area contributed by atoms with Gasteiger partial charge in [-0.1, -0.05) is 6.92 Å². The van der Waals surface area contributed by atoms with Gasteiger partial charge in [0.2, 0.25) is 0 Å². The average Bonchev–Trinajstić information content (AvgIpc) is 2.57. The monoisotopic (exact) mass is 221 g/mol. The van der Waals surface area contributed by atoms with Crippen LogP contribution in [0.25, 0.3) is 5.65 Å². The number of hydrogen-bond acceptors (Lipinski definition) is 4. The van der Waals surface area contributed by atoms with E-state index >= 15 is 0 Å². The lowest BCUT2D eigenvalue weighted by Gasteiger charge is -2.08. The first-order valence-corrected chi connectivity index (χ1v) is 5.26. The molecule has 2 heterocycles. The summed E-state index contributed by atoms with van der Waals surface area (Å²) in [5, 5.41) is 7.29. The molecule has 0 fully saturated rings. The van der Waals surface area contributed by atoms with Crippen LogP contribution in [0.3, 0.4) is 0 Å². The topological polar surface area (TPSA) is 64.2 Å². The van der Waals surface area contributed by atoms with E-state index in [2.05, 4.69) is 22.3 Å². The van der Waals surface area contributed by atoms with Gasteiger partial charge in [-0.2, -0.15) is 0 Å². The van der Waals surface area contributed by atoms with Gasteiger partial charge in [0.15, 0.2) is 5.65 Å². The Hall–Kier alpha value is -1.69. The van der Waals surface area contributed by atoms with E-state index in [9.17, 15) is 4.79 Å². The Kier molecular flexibility index (Phi) is 3.00. The van der Waals surface area contributed by atoms with Crippen LogP contribution in [0.5, 0.6) is 0 Å². The first-order valence-electron chi connectivity index (χ1n) is 5.26. The minimum Gasteiger partial charge on any atom is -0.319 e. The Labute approximate surface area is 92.9 Å². The van der Waals surface area contributed by atoms with Crippen molar-refractivity contribution in [2.45, 2.75) is 13.5 Å². The Morgan fingerprint density at radius 1 is 1.56 bits per heavy atom. The van der Waals surface area contributed by atoms with Crippen LogP contribution in [-0.4, -0.2) is 32.8 Å². The van der Waals surface area contributed by atoms with Crippen molar-refractivity contribution in [1.29, 1.82) is 0 Å². The second-order valence-corrected chi connectivity index (χ2v) is 3.93. The molecule has 1 N–H and O–H groups in total. The van der Waals surface area contributed by atoms with Gasteiger partial charge in [-0.25, -0.2) is 13.9 Å². The quantitative estimate of drug-likeness (QED) is 0.773. The van der Waals surface area contributed by atoms with E-state index in [1.807, 2.05) is 7.05 Å². The fourth-order valence-electron chi connectivity index (χ4n) is 1.71. The predicted octanol–water partition coefficient (Wildman–Crippen LogP) is -0.254. The third-order valence-corrected chi connectivity index (χ3v) is 2.43. The minimum atomic E-state index is -0.111. The molecule has 0 amide bonds. The number of nitrogens with one attached hydrogen (secondary N) is 1. The van der Waals surface area contributed by atoms with Gasteiger partial charge in [-0.3, -0.25) is 4.98 Å². The molecule has 0 bridgehead atoms. The summed E-state index contributed by atoms with van der Waals surface area (Å²) in [4.78, 5) is 15.8. The highest BCUT2D eigenvalue weighted by Gasteiger charge is 2.09. The lowest BCUT2D eigenvalue weighted by Crippen LogP contribution is -2.28. The van der Waals surface area contributed by atoms with Crippen molar-refractivity contribution in [3.63, 3.8) is 0 Å². The van der Waals surface area contributed by atoms with Crippen molar-refractivity contribution >= 4 is 5.65 Å². The molecule has 0 aliphatic heterocycles. The molecule has 0 aliphatic carbocycles. The zero-order valence-corrected chi connectivity index (χ0v) is 9.42. The van der Waals surface area contributed by atoms with Gasteiger partial charge in [0.05, 0.1) is 12.7 Å². The zero-order chi connectivity index (χ0) is 11.5. The van der Waals surface area contributed by atoms with Gasteiger partial charge in [0, 0.05) is 12.4 Å². The largest absolute Gasteiger partial charge is 0.350 e. The van der Waals surface area contributed by atoms with Gasteiger partial charge < -0.3 is 5.32 Å². The van der Waals surface area contributed by atoms with Gasteiger partial charge in [0.25, 0.3) is 0 Å². The van der Waals surface area contributed by atoms with Crippen LogP contribution in [0.4, 0.5) is 0 Å². The first-order chi connectivity index (χ1) is 7.72. The molecule has 0 saturated heterocycles. The van der Waals surface area contributed by atoms with Gasteiger partial charge in [-0.15, -0.1) is 5.10 Å². The maximum atomic E-state index is 11.9. The number of nitrogens with zero attached hydrogens (tertiary/aromatic N) is 4. The molecule has 1 unspecified atom stereocenters. The molecule has 86 valence electrons. The van der Waals surface area contributed by atoms with Gasteiger partial charge in [-0.05, 0) is 19.5 Å². The zero-order valence-electron chi connectivity index (χ0n) is 9.42. The van der Waals surface area contributed by atoms with Crippen molar-refractivity contribution < 1.29 is 0 Å². The van der Waals surface area contributed by atoms with Crippen molar-refractivity contribution in [2.24, 2.45) is 5.92 Å². The Balaban J connectivity index is 2.31. The minimum absolute atomic E-state index is 0.111. The fraction of sp³-hybridized carbons (Fsp3) is 0.500. The number of fused-ring (bicyclic) bond motifs is 1. The van der Waals surface area contributed by atoms with Crippen LogP contribution in [0, 0.1) is 5.92 Å². The first kappa shape index (κ1) is 10.8. The maximum absolute atomic E-state index is 11.9. The second kappa shape index (κ2) is 4.44. The summed E-state index contributed by atoms with van der Waals surface area (Å²) in [6.07, 6.45) is 4.79. The highest BCUT2D eigenvalue weighted by Crippen LogP contribution is 1.98. The van der Waals surface area contributed by atoms with Crippen LogP contribution < -0.4 is 11.0 Å². The van der Waals surface area contributed by atoms with E-state index < -0.39 is 0 Å². The molecule has 6 heteroatoms. The number of aromatic nitrogens is 4. The molecular formula is C10H15N5O. The van der Waals surface area contributed by atoms with Gasteiger partial charge in [0.1, 0.15) is 0 Å². The second-order valence-electron chi connectivity index (χ2n) is 3.93. The van der Waals surface area contributed by atoms with Crippen LogP contribution in [-0.2, 0) is 6.54 Å². The SMILES string of the molecule is CNCC(C)Cn1nc2cnccn2c1=O. The molecule has 0 aliphatic rings. The maximum Gasteiger partial charge on any atom is 0.350 e. The third kappa shape index (κ3) is 1.96. The predicted molar refractivity (Wildman–Crippen MR) is 60.3 cm³/mol. The Bertz CT molecular complexity index is 529.